The first-order valence-corrected chi connectivity index (χ1v) is 9.82. The number of aromatic hydroxyl groups is 1. The summed E-state index contributed by atoms with van der Waals surface area (Å²) in [6.45, 7) is 0. The molecule has 2 N–H and O–H groups in total. The normalized spacial score (nSPS) is 23.7. The lowest BCUT2D eigenvalue weighted by molar-refractivity contribution is 0.353. The number of benzene rings is 1. The molecule has 2 unspecified atom stereocenters. The largest absolute Gasteiger partial charge is 0.507 e. The van der Waals surface area contributed by atoms with Crippen LogP contribution < -0.4 is 10.2 Å². The molecule has 2 fully saturated rings. The Bertz CT molecular complexity index is 944. The van der Waals surface area contributed by atoms with E-state index in [9.17, 15) is 5.11 Å². The van der Waals surface area contributed by atoms with Gasteiger partial charge in [0, 0.05) is 49.2 Å². The van der Waals surface area contributed by atoms with Crippen molar-refractivity contribution in [3.8, 4) is 22.7 Å². The predicted octanol–water partition coefficient (Wildman–Crippen LogP) is 2.75. The number of phenolic OH excluding ortho intramolecular Hbond substituents is 1. The molecule has 2 aromatic heterocycles. The first kappa shape index (κ1) is 17.2. The van der Waals surface area contributed by atoms with Gasteiger partial charge in [0.05, 0.1) is 17.7 Å². The molecular weight excluding hydrogens is 352 g/mol. The number of imidazole rings is 1. The number of piperidine rings is 1. The molecule has 7 heteroatoms. The van der Waals surface area contributed by atoms with Crippen molar-refractivity contribution in [2.24, 2.45) is 0 Å². The number of aromatic nitrogens is 4. The van der Waals surface area contributed by atoms with Crippen LogP contribution >= 0.6 is 0 Å². The lowest BCUT2D eigenvalue weighted by Crippen LogP contribution is -2.47. The lowest BCUT2D eigenvalue weighted by atomic mass is 9.98. The molecule has 28 heavy (non-hydrogen) atoms. The van der Waals surface area contributed by atoms with Gasteiger partial charge in [0.25, 0.3) is 0 Å². The SMILES string of the molecule is CN(c1ccc(-c2ccc(-n3ccnc3)cc2O)nn1)C1CC2CCC(C1)N2. The second-order valence-corrected chi connectivity index (χ2v) is 7.82. The molecule has 2 atom stereocenters. The Morgan fingerprint density at radius 1 is 1.11 bits per heavy atom. The monoisotopic (exact) mass is 376 g/mol. The third kappa shape index (κ3) is 3.11. The number of nitrogens with one attached hydrogen (secondary N) is 1. The Labute approximate surface area is 164 Å². The summed E-state index contributed by atoms with van der Waals surface area (Å²) in [6, 6.07) is 11.2. The highest BCUT2D eigenvalue weighted by atomic mass is 16.3. The minimum absolute atomic E-state index is 0.177. The van der Waals surface area contributed by atoms with Crippen molar-refractivity contribution in [2.75, 3.05) is 11.9 Å². The summed E-state index contributed by atoms with van der Waals surface area (Å²) < 4.78 is 1.85. The first-order valence-electron chi connectivity index (χ1n) is 9.82. The number of hydrogen-bond acceptors (Lipinski definition) is 6. The molecule has 5 rings (SSSR count). The van der Waals surface area contributed by atoms with Crippen molar-refractivity contribution in [1.82, 2.24) is 25.1 Å². The van der Waals surface area contributed by atoms with Gasteiger partial charge < -0.3 is 19.9 Å². The van der Waals surface area contributed by atoms with Gasteiger partial charge in [-0.1, -0.05) is 0 Å². The molecule has 2 saturated heterocycles. The molecule has 144 valence electrons. The smallest absolute Gasteiger partial charge is 0.151 e. The molecular formula is C21H24N6O. The molecule has 3 aromatic rings. The zero-order valence-corrected chi connectivity index (χ0v) is 15.9. The molecule has 1 aromatic carbocycles. The van der Waals surface area contributed by atoms with Crippen LogP contribution in [0.4, 0.5) is 5.82 Å². The van der Waals surface area contributed by atoms with Gasteiger partial charge in [-0.05, 0) is 49.9 Å². The van der Waals surface area contributed by atoms with Gasteiger partial charge in [-0.25, -0.2) is 4.98 Å². The maximum Gasteiger partial charge on any atom is 0.151 e. The third-order valence-corrected chi connectivity index (χ3v) is 6.07. The van der Waals surface area contributed by atoms with Crippen LogP contribution in [0.2, 0.25) is 0 Å². The van der Waals surface area contributed by atoms with Gasteiger partial charge in [-0.15, -0.1) is 10.2 Å². The topological polar surface area (TPSA) is 79.1 Å². The number of nitrogens with zero attached hydrogens (tertiary/aromatic N) is 5. The van der Waals surface area contributed by atoms with E-state index >= 15 is 0 Å². The van der Waals surface area contributed by atoms with E-state index in [4.69, 9.17) is 0 Å². The molecule has 2 aliphatic heterocycles. The van der Waals surface area contributed by atoms with E-state index in [1.165, 1.54) is 12.8 Å². The van der Waals surface area contributed by atoms with Crippen molar-refractivity contribution in [2.45, 2.75) is 43.8 Å². The fraction of sp³-hybridized carbons (Fsp3) is 0.381. The van der Waals surface area contributed by atoms with Crippen molar-refractivity contribution in [1.29, 1.82) is 0 Å². The van der Waals surface area contributed by atoms with Crippen LogP contribution in [0.1, 0.15) is 25.7 Å². The van der Waals surface area contributed by atoms with Crippen molar-refractivity contribution < 1.29 is 5.11 Å². The Morgan fingerprint density at radius 3 is 2.57 bits per heavy atom. The summed E-state index contributed by atoms with van der Waals surface area (Å²) in [5.74, 6) is 1.06. The second kappa shape index (κ2) is 6.91. The minimum atomic E-state index is 0.177. The fourth-order valence-corrected chi connectivity index (χ4v) is 4.50. The van der Waals surface area contributed by atoms with Crippen LogP contribution in [0.25, 0.3) is 16.9 Å². The maximum atomic E-state index is 10.5. The van der Waals surface area contributed by atoms with Crippen LogP contribution in [0, 0.1) is 0 Å². The van der Waals surface area contributed by atoms with E-state index < -0.39 is 0 Å². The number of hydrogen-bond donors (Lipinski definition) is 2. The van der Waals surface area contributed by atoms with Crippen LogP contribution in [-0.4, -0.2) is 50.0 Å². The summed E-state index contributed by atoms with van der Waals surface area (Å²) in [7, 11) is 2.11. The van der Waals surface area contributed by atoms with Crippen LogP contribution in [-0.2, 0) is 0 Å². The van der Waals surface area contributed by atoms with Crippen molar-refractivity contribution in [3.05, 3.63) is 49.1 Å². The van der Waals surface area contributed by atoms with E-state index in [0.717, 1.165) is 24.3 Å². The van der Waals surface area contributed by atoms with Crippen molar-refractivity contribution >= 4 is 5.82 Å². The van der Waals surface area contributed by atoms with E-state index in [0.29, 0.717) is 29.4 Å². The standard InChI is InChI=1S/C21H24N6O/c1-26(17-10-14-2-3-15(11-17)23-14)21-7-6-19(24-25-21)18-5-4-16(12-20(18)28)27-9-8-22-13-27/h4-9,12-15,17,23,28H,2-3,10-11H2,1H3. The van der Waals surface area contributed by atoms with Crippen molar-refractivity contribution in [3.63, 3.8) is 0 Å². The predicted molar refractivity (Wildman–Crippen MR) is 108 cm³/mol. The summed E-state index contributed by atoms with van der Waals surface area (Å²) >= 11 is 0. The van der Waals surface area contributed by atoms with E-state index in [1.807, 2.05) is 35.0 Å². The Balaban J connectivity index is 1.35. The first-order chi connectivity index (χ1) is 13.7. The Hall–Kier alpha value is -2.93. The molecule has 0 aliphatic carbocycles. The van der Waals surface area contributed by atoms with Gasteiger partial charge >= 0.3 is 0 Å². The molecule has 0 spiro atoms. The fourth-order valence-electron chi connectivity index (χ4n) is 4.50. The Morgan fingerprint density at radius 2 is 1.93 bits per heavy atom. The zero-order valence-electron chi connectivity index (χ0n) is 15.9. The number of phenols is 1. The zero-order chi connectivity index (χ0) is 19.1. The number of fused-ring (bicyclic) bond motifs is 2. The lowest BCUT2D eigenvalue weighted by Gasteiger charge is -2.36. The quantitative estimate of drug-likeness (QED) is 0.729. The van der Waals surface area contributed by atoms with Gasteiger partial charge in [-0.3, -0.25) is 0 Å². The molecule has 2 bridgehead atoms. The van der Waals surface area contributed by atoms with E-state index in [2.05, 4.69) is 32.4 Å². The van der Waals surface area contributed by atoms with Crippen LogP contribution in [0.5, 0.6) is 5.75 Å². The highest BCUT2D eigenvalue weighted by Crippen LogP contribution is 2.32. The molecule has 0 saturated carbocycles. The number of rotatable bonds is 4. The second-order valence-electron chi connectivity index (χ2n) is 7.82. The maximum absolute atomic E-state index is 10.5. The van der Waals surface area contributed by atoms with Gasteiger partial charge in [-0.2, -0.15) is 0 Å². The van der Waals surface area contributed by atoms with Crippen LogP contribution in [0.3, 0.4) is 0 Å². The minimum Gasteiger partial charge on any atom is -0.507 e. The Kier molecular flexibility index (Phi) is 4.24. The molecule has 4 heterocycles. The van der Waals surface area contributed by atoms with Gasteiger partial charge in [0.15, 0.2) is 5.82 Å². The average Bonchev–Trinajstić information content (AvgIpc) is 3.37. The molecule has 7 nitrogen and oxygen atoms in total. The highest BCUT2D eigenvalue weighted by molar-refractivity contribution is 5.69. The van der Waals surface area contributed by atoms with E-state index in [-0.39, 0.29) is 5.75 Å². The summed E-state index contributed by atoms with van der Waals surface area (Å²) in [5.41, 5.74) is 2.19. The van der Waals surface area contributed by atoms with E-state index in [1.54, 1.807) is 18.6 Å². The van der Waals surface area contributed by atoms with Crippen LogP contribution in [0.15, 0.2) is 49.1 Å². The molecule has 2 aliphatic rings. The molecule has 0 amide bonds. The third-order valence-electron chi connectivity index (χ3n) is 6.07. The highest BCUT2D eigenvalue weighted by Gasteiger charge is 2.35. The average molecular weight is 376 g/mol. The summed E-state index contributed by atoms with van der Waals surface area (Å²) in [4.78, 5) is 6.29. The van der Waals surface area contributed by atoms with Gasteiger partial charge in [0.1, 0.15) is 5.75 Å². The molecule has 0 radical (unpaired) electrons. The van der Waals surface area contributed by atoms with Gasteiger partial charge in [0.2, 0.25) is 0 Å². The summed E-state index contributed by atoms with van der Waals surface area (Å²) in [6.07, 6.45) is 10.1. The summed E-state index contributed by atoms with van der Waals surface area (Å²) in [5, 5.41) is 23.0. The number of anilines is 1.